The van der Waals surface area contributed by atoms with Crippen LogP contribution in [0.4, 0.5) is 13.2 Å². The van der Waals surface area contributed by atoms with E-state index in [1.54, 1.807) is 6.92 Å². The Kier molecular flexibility index (Phi) is 4.78. The third-order valence-electron chi connectivity index (χ3n) is 3.10. The molecule has 1 unspecified atom stereocenters. The average Bonchev–Trinajstić information content (AvgIpc) is 2.90. The van der Waals surface area contributed by atoms with Gasteiger partial charge in [-0.3, -0.25) is 4.79 Å². The second-order valence-corrected chi connectivity index (χ2v) is 4.76. The number of halogens is 3. The first-order valence-electron chi connectivity index (χ1n) is 6.34. The fraction of sp³-hybridized carbons (Fsp3) is 0.417. The topological polar surface area (TPSA) is 77.2 Å². The first-order valence-corrected chi connectivity index (χ1v) is 6.34. The van der Waals surface area contributed by atoms with Crippen LogP contribution in [0, 0.1) is 0 Å². The highest BCUT2D eigenvalue weighted by atomic mass is 19.4. The Morgan fingerprint density at radius 2 is 1.81 bits per heavy atom. The molecule has 0 spiro atoms. The van der Waals surface area contributed by atoms with Gasteiger partial charge in [-0.15, -0.1) is 0 Å². The molecule has 1 aromatic rings. The molecule has 1 atom stereocenters. The van der Waals surface area contributed by atoms with Crippen molar-refractivity contribution in [2.45, 2.75) is 31.7 Å². The molecule has 5 N–H and O–H groups in total. The van der Waals surface area contributed by atoms with Gasteiger partial charge in [-0.25, -0.2) is 10.9 Å². The van der Waals surface area contributed by atoms with Gasteiger partial charge in [0.15, 0.2) is 6.29 Å². The molecule has 1 saturated heterocycles. The molecule has 0 bridgehead atoms. The van der Waals surface area contributed by atoms with Gasteiger partial charge < -0.3 is 5.32 Å². The summed E-state index contributed by atoms with van der Waals surface area (Å²) >= 11 is 0. The zero-order valence-electron chi connectivity index (χ0n) is 11.2. The summed E-state index contributed by atoms with van der Waals surface area (Å²) in [4.78, 5) is 11.8. The van der Waals surface area contributed by atoms with E-state index in [2.05, 4.69) is 27.2 Å². The van der Waals surface area contributed by atoms with E-state index >= 15 is 0 Å². The Balaban J connectivity index is 1.90. The second kappa shape index (κ2) is 6.39. The molecule has 6 nitrogen and oxygen atoms in total. The van der Waals surface area contributed by atoms with Crippen LogP contribution in [0.25, 0.3) is 0 Å². The lowest BCUT2D eigenvalue weighted by atomic mass is 9.96. The van der Waals surface area contributed by atoms with Gasteiger partial charge in [0, 0.05) is 6.42 Å². The number of rotatable bonds is 4. The number of hydrogen-bond donors (Lipinski definition) is 5. The van der Waals surface area contributed by atoms with E-state index < -0.39 is 18.0 Å². The summed E-state index contributed by atoms with van der Waals surface area (Å²) in [5.41, 5.74) is 10.5. The number of hydrazine groups is 3. The molecule has 1 fully saturated rings. The molecule has 0 aromatic heterocycles. The lowest BCUT2D eigenvalue weighted by Crippen LogP contribution is -2.49. The Morgan fingerprint density at radius 3 is 2.33 bits per heavy atom. The van der Waals surface area contributed by atoms with Crippen LogP contribution in [0.2, 0.25) is 0 Å². The maximum Gasteiger partial charge on any atom is 0.416 e. The van der Waals surface area contributed by atoms with Gasteiger partial charge in [0.25, 0.3) is 0 Å². The minimum atomic E-state index is -4.35. The fourth-order valence-corrected chi connectivity index (χ4v) is 1.94. The fourth-order valence-electron chi connectivity index (χ4n) is 1.94. The standard InChI is InChI=1S/C12H16F3N5O/c1-7(6-10(21)16-11-17-19-20-18-11)8-2-4-9(5-3-8)12(13,14)15/h2-5,7,11,17-20H,6H2,1H3,(H,16,21). The van der Waals surface area contributed by atoms with Crippen molar-refractivity contribution < 1.29 is 18.0 Å². The highest BCUT2D eigenvalue weighted by Crippen LogP contribution is 2.30. The predicted molar refractivity (Wildman–Crippen MR) is 68.9 cm³/mol. The van der Waals surface area contributed by atoms with E-state index in [4.69, 9.17) is 0 Å². The highest BCUT2D eigenvalue weighted by Gasteiger charge is 2.30. The van der Waals surface area contributed by atoms with E-state index in [0.717, 1.165) is 12.1 Å². The van der Waals surface area contributed by atoms with Crippen LogP contribution >= 0.6 is 0 Å². The van der Waals surface area contributed by atoms with Gasteiger partial charge in [0.05, 0.1) is 5.56 Å². The molecule has 0 aliphatic carbocycles. The minimum Gasteiger partial charge on any atom is -0.326 e. The average molecular weight is 303 g/mol. The Labute approximate surface area is 119 Å². The van der Waals surface area contributed by atoms with Gasteiger partial charge in [-0.05, 0) is 23.6 Å². The molecule has 2 rings (SSSR count). The maximum absolute atomic E-state index is 12.5. The summed E-state index contributed by atoms with van der Waals surface area (Å²) in [6.07, 6.45) is -4.62. The molecule has 116 valence electrons. The van der Waals surface area contributed by atoms with Crippen molar-refractivity contribution in [3.63, 3.8) is 0 Å². The van der Waals surface area contributed by atoms with Crippen LogP contribution in [0.1, 0.15) is 30.4 Å². The third kappa shape index (κ3) is 4.39. The number of carbonyl (C=O) groups excluding carboxylic acids is 1. The van der Waals surface area contributed by atoms with E-state index in [1.165, 1.54) is 12.1 Å². The van der Waals surface area contributed by atoms with E-state index in [9.17, 15) is 18.0 Å². The molecule has 1 amide bonds. The number of benzene rings is 1. The Hall–Kier alpha value is -1.68. The molecule has 21 heavy (non-hydrogen) atoms. The van der Waals surface area contributed by atoms with Crippen molar-refractivity contribution in [2.75, 3.05) is 0 Å². The lowest BCUT2D eigenvalue weighted by Gasteiger charge is -2.15. The zero-order chi connectivity index (χ0) is 15.5. The molecule has 1 aliphatic heterocycles. The molecule has 1 aliphatic rings. The molecule has 0 radical (unpaired) electrons. The van der Waals surface area contributed by atoms with Crippen molar-refractivity contribution in [3.05, 3.63) is 35.4 Å². The van der Waals surface area contributed by atoms with Crippen molar-refractivity contribution >= 4 is 5.91 Å². The maximum atomic E-state index is 12.5. The van der Waals surface area contributed by atoms with Gasteiger partial charge in [0.2, 0.25) is 5.91 Å². The van der Waals surface area contributed by atoms with E-state index in [-0.39, 0.29) is 18.2 Å². The highest BCUT2D eigenvalue weighted by molar-refractivity contribution is 5.77. The number of nitrogens with one attached hydrogen (secondary N) is 5. The smallest absolute Gasteiger partial charge is 0.326 e. The van der Waals surface area contributed by atoms with Crippen molar-refractivity contribution in [2.24, 2.45) is 0 Å². The summed E-state index contributed by atoms with van der Waals surface area (Å²) in [5, 5.41) is 2.65. The van der Waals surface area contributed by atoms with Crippen molar-refractivity contribution in [3.8, 4) is 0 Å². The summed E-state index contributed by atoms with van der Waals surface area (Å²) in [6.45, 7) is 1.79. The summed E-state index contributed by atoms with van der Waals surface area (Å²) in [5.74, 6) is -0.410. The normalized spacial score (nSPS) is 17.7. The Morgan fingerprint density at radius 1 is 1.24 bits per heavy atom. The summed E-state index contributed by atoms with van der Waals surface area (Å²) < 4.78 is 37.4. The third-order valence-corrected chi connectivity index (χ3v) is 3.10. The molecule has 9 heteroatoms. The van der Waals surface area contributed by atoms with Crippen LogP contribution in [0.15, 0.2) is 24.3 Å². The number of alkyl halides is 3. The van der Waals surface area contributed by atoms with Crippen molar-refractivity contribution in [1.82, 2.24) is 27.2 Å². The number of carbonyl (C=O) groups is 1. The van der Waals surface area contributed by atoms with Crippen LogP contribution in [-0.2, 0) is 11.0 Å². The van der Waals surface area contributed by atoms with Crippen LogP contribution in [0.5, 0.6) is 0 Å². The quantitative estimate of drug-likeness (QED) is 0.566. The van der Waals surface area contributed by atoms with Gasteiger partial charge in [0.1, 0.15) is 0 Å². The molecular formula is C12H16F3N5O. The van der Waals surface area contributed by atoms with E-state index in [1.807, 2.05) is 0 Å². The second-order valence-electron chi connectivity index (χ2n) is 4.76. The largest absolute Gasteiger partial charge is 0.416 e. The Bertz CT molecular complexity index is 485. The summed E-state index contributed by atoms with van der Waals surface area (Å²) in [6, 6.07) is 4.85. The molecule has 1 aromatic carbocycles. The van der Waals surface area contributed by atoms with Gasteiger partial charge in [-0.1, -0.05) is 19.1 Å². The number of hydrogen-bond acceptors (Lipinski definition) is 5. The monoisotopic (exact) mass is 303 g/mol. The van der Waals surface area contributed by atoms with Gasteiger partial charge in [-0.2, -0.15) is 24.2 Å². The summed E-state index contributed by atoms with van der Waals surface area (Å²) in [7, 11) is 0. The van der Waals surface area contributed by atoms with E-state index in [0.29, 0.717) is 5.56 Å². The first-order chi connectivity index (χ1) is 9.86. The molecule has 1 heterocycles. The van der Waals surface area contributed by atoms with Gasteiger partial charge >= 0.3 is 6.18 Å². The lowest BCUT2D eigenvalue weighted by molar-refractivity contribution is -0.137. The van der Waals surface area contributed by atoms with Crippen LogP contribution in [0.3, 0.4) is 0 Å². The zero-order valence-corrected chi connectivity index (χ0v) is 11.2. The first kappa shape index (κ1) is 15.7. The molecular weight excluding hydrogens is 287 g/mol. The van der Waals surface area contributed by atoms with Crippen LogP contribution in [-0.4, -0.2) is 12.2 Å². The van der Waals surface area contributed by atoms with Crippen molar-refractivity contribution in [1.29, 1.82) is 0 Å². The SMILES string of the molecule is CC(CC(=O)NC1NNNN1)c1ccc(C(F)(F)F)cc1. The minimum absolute atomic E-state index is 0.172. The number of amides is 1. The predicted octanol–water partition coefficient (Wildman–Crippen LogP) is 0.716. The molecule has 0 saturated carbocycles. The van der Waals surface area contributed by atoms with Crippen LogP contribution < -0.4 is 27.2 Å².